The van der Waals surface area contributed by atoms with E-state index in [0.717, 1.165) is 17.3 Å². The Balaban J connectivity index is 2.83. The van der Waals surface area contributed by atoms with E-state index >= 15 is 0 Å². The lowest BCUT2D eigenvalue weighted by Gasteiger charge is -2.21. The van der Waals surface area contributed by atoms with Crippen molar-refractivity contribution in [2.75, 3.05) is 24.6 Å². The molecule has 0 aromatic carbocycles. The Hall–Kier alpha value is -1.50. The summed E-state index contributed by atoms with van der Waals surface area (Å²) in [5.74, 6) is 0.133. The van der Waals surface area contributed by atoms with E-state index in [2.05, 4.69) is 9.97 Å². The van der Waals surface area contributed by atoms with Crippen molar-refractivity contribution < 1.29 is 13.9 Å². The summed E-state index contributed by atoms with van der Waals surface area (Å²) in [6, 6.07) is 1.11. The van der Waals surface area contributed by atoms with E-state index in [1.165, 1.54) is 0 Å². The highest BCUT2D eigenvalue weighted by Crippen LogP contribution is 2.08. The molecule has 2 N–H and O–H groups in total. The van der Waals surface area contributed by atoms with Gasteiger partial charge in [-0.2, -0.15) is 0 Å². The number of H-pyrrole nitrogens is 1. The molecule has 1 aromatic heterocycles. The smallest absolute Gasteiger partial charge is 0.255 e. The SMILES string of the molecule is O=c1cc(N(CCO)CC(F)F)nc[nH]1. The lowest BCUT2D eigenvalue weighted by Crippen LogP contribution is -2.33. The highest BCUT2D eigenvalue weighted by atomic mass is 19.3. The average Bonchev–Trinajstić information content (AvgIpc) is 2.16. The van der Waals surface area contributed by atoms with E-state index in [0.29, 0.717) is 0 Å². The summed E-state index contributed by atoms with van der Waals surface area (Å²) < 4.78 is 24.3. The summed E-state index contributed by atoms with van der Waals surface area (Å²) in [6.07, 6.45) is -1.41. The van der Waals surface area contributed by atoms with Crippen molar-refractivity contribution >= 4 is 5.82 Å². The van der Waals surface area contributed by atoms with Crippen molar-refractivity contribution in [3.8, 4) is 0 Å². The van der Waals surface area contributed by atoms with E-state index in [1.54, 1.807) is 0 Å². The zero-order valence-corrected chi connectivity index (χ0v) is 7.86. The number of halogens is 2. The summed E-state index contributed by atoms with van der Waals surface area (Å²) in [7, 11) is 0. The highest BCUT2D eigenvalue weighted by Gasteiger charge is 2.13. The summed E-state index contributed by atoms with van der Waals surface area (Å²) in [5.41, 5.74) is -0.419. The fourth-order valence-corrected chi connectivity index (χ4v) is 1.12. The first kappa shape index (κ1) is 11.6. The van der Waals surface area contributed by atoms with Gasteiger partial charge in [0.15, 0.2) is 0 Å². The zero-order chi connectivity index (χ0) is 11.3. The maximum atomic E-state index is 12.2. The first-order valence-corrected chi connectivity index (χ1v) is 4.32. The number of alkyl halides is 2. The van der Waals surface area contributed by atoms with Crippen LogP contribution in [0, 0.1) is 0 Å². The molecule has 0 radical (unpaired) electrons. The average molecular weight is 219 g/mol. The summed E-state index contributed by atoms with van der Waals surface area (Å²) >= 11 is 0. The Morgan fingerprint density at radius 1 is 1.60 bits per heavy atom. The van der Waals surface area contributed by atoms with Gasteiger partial charge >= 0.3 is 0 Å². The van der Waals surface area contributed by atoms with Crippen LogP contribution in [0.25, 0.3) is 0 Å². The van der Waals surface area contributed by atoms with Gasteiger partial charge in [0, 0.05) is 12.6 Å². The summed E-state index contributed by atoms with van der Waals surface area (Å²) in [4.78, 5) is 18.1. The Labute approximate surface area is 84.4 Å². The summed E-state index contributed by atoms with van der Waals surface area (Å²) in [5, 5.41) is 8.68. The van der Waals surface area contributed by atoms with Crippen LogP contribution in [0.1, 0.15) is 0 Å². The molecule has 7 heteroatoms. The van der Waals surface area contributed by atoms with Crippen LogP contribution in [0.4, 0.5) is 14.6 Å². The fraction of sp³-hybridized carbons (Fsp3) is 0.500. The largest absolute Gasteiger partial charge is 0.395 e. The Morgan fingerprint density at radius 3 is 2.87 bits per heavy atom. The standard InChI is InChI=1S/C8H11F2N3O2/c9-6(10)4-13(1-2-14)7-3-8(15)12-5-11-7/h3,5-6,14H,1-2,4H2,(H,11,12,15). The van der Waals surface area contributed by atoms with Crippen molar-refractivity contribution in [2.24, 2.45) is 0 Å². The molecule has 0 fully saturated rings. The van der Waals surface area contributed by atoms with Gasteiger partial charge in [0.2, 0.25) is 0 Å². The molecular formula is C8H11F2N3O2. The van der Waals surface area contributed by atoms with Crippen LogP contribution in [-0.4, -0.2) is 41.2 Å². The first-order valence-electron chi connectivity index (χ1n) is 4.32. The van der Waals surface area contributed by atoms with Crippen molar-refractivity contribution in [1.29, 1.82) is 0 Å². The molecule has 0 aliphatic heterocycles. The fourth-order valence-electron chi connectivity index (χ4n) is 1.12. The van der Waals surface area contributed by atoms with E-state index in [1.807, 2.05) is 0 Å². The van der Waals surface area contributed by atoms with Gasteiger partial charge in [0.05, 0.1) is 19.5 Å². The molecule has 0 bridgehead atoms. The molecule has 1 rings (SSSR count). The number of anilines is 1. The molecule has 0 unspecified atom stereocenters. The lowest BCUT2D eigenvalue weighted by atomic mass is 10.4. The van der Waals surface area contributed by atoms with Crippen LogP contribution in [0.2, 0.25) is 0 Å². The van der Waals surface area contributed by atoms with Crippen LogP contribution < -0.4 is 10.5 Å². The molecule has 15 heavy (non-hydrogen) atoms. The molecular weight excluding hydrogens is 208 g/mol. The lowest BCUT2D eigenvalue weighted by molar-refractivity contribution is 0.152. The second kappa shape index (κ2) is 5.40. The number of nitrogens with one attached hydrogen (secondary N) is 1. The summed E-state index contributed by atoms with van der Waals surface area (Å²) in [6.45, 7) is -0.820. The number of aliphatic hydroxyl groups excluding tert-OH is 1. The molecule has 5 nitrogen and oxygen atoms in total. The maximum Gasteiger partial charge on any atom is 0.255 e. The number of aromatic nitrogens is 2. The number of hydrogen-bond acceptors (Lipinski definition) is 4. The van der Waals surface area contributed by atoms with Gasteiger partial charge in [-0.05, 0) is 0 Å². The maximum absolute atomic E-state index is 12.2. The van der Waals surface area contributed by atoms with E-state index in [4.69, 9.17) is 5.11 Å². The molecule has 84 valence electrons. The van der Waals surface area contributed by atoms with Crippen LogP contribution in [0.3, 0.4) is 0 Å². The molecule has 0 saturated carbocycles. The van der Waals surface area contributed by atoms with Gasteiger partial charge < -0.3 is 15.0 Å². The van der Waals surface area contributed by atoms with Crippen molar-refractivity contribution in [1.82, 2.24) is 9.97 Å². The van der Waals surface area contributed by atoms with Crippen molar-refractivity contribution in [3.63, 3.8) is 0 Å². The van der Waals surface area contributed by atoms with E-state index < -0.39 is 18.5 Å². The minimum absolute atomic E-state index is 0.0147. The molecule has 0 aliphatic carbocycles. The minimum atomic E-state index is -2.54. The van der Waals surface area contributed by atoms with Crippen LogP contribution in [-0.2, 0) is 0 Å². The quantitative estimate of drug-likeness (QED) is 0.721. The van der Waals surface area contributed by atoms with E-state index in [9.17, 15) is 13.6 Å². The number of aliphatic hydroxyl groups is 1. The van der Waals surface area contributed by atoms with Gasteiger partial charge in [-0.3, -0.25) is 4.79 Å². The van der Waals surface area contributed by atoms with Gasteiger partial charge in [-0.25, -0.2) is 13.8 Å². The number of hydrogen-bond donors (Lipinski definition) is 2. The number of rotatable bonds is 5. The number of aromatic amines is 1. The molecule has 0 saturated heterocycles. The monoisotopic (exact) mass is 219 g/mol. The van der Waals surface area contributed by atoms with Crippen molar-refractivity contribution in [2.45, 2.75) is 6.43 Å². The van der Waals surface area contributed by atoms with Crippen LogP contribution in [0.15, 0.2) is 17.2 Å². The predicted molar refractivity (Wildman–Crippen MR) is 50.2 cm³/mol. The third-order valence-corrected chi connectivity index (χ3v) is 1.72. The van der Waals surface area contributed by atoms with Gasteiger partial charge in [0.1, 0.15) is 5.82 Å². The van der Waals surface area contributed by atoms with Crippen LogP contribution >= 0.6 is 0 Å². The van der Waals surface area contributed by atoms with Gasteiger partial charge in [-0.1, -0.05) is 0 Å². The Morgan fingerprint density at radius 2 is 2.33 bits per heavy atom. The highest BCUT2D eigenvalue weighted by molar-refractivity contribution is 5.36. The molecule has 0 spiro atoms. The van der Waals surface area contributed by atoms with E-state index in [-0.39, 0.29) is 19.0 Å². The molecule has 0 amide bonds. The van der Waals surface area contributed by atoms with Crippen LogP contribution in [0.5, 0.6) is 0 Å². The second-order valence-corrected chi connectivity index (χ2v) is 2.83. The topological polar surface area (TPSA) is 69.2 Å². The zero-order valence-electron chi connectivity index (χ0n) is 7.86. The molecule has 1 heterocycles. The first-order chi connectivity index (χ1) is 7.13. The minimum Gasteiger partial charge on any atom is -0.395 e. The predicted octanol–water partition coefficient (Wildman–Crippen LogP) is -0.166. The third kappa shape index (κ3) is 3.62. The van der Waals surface area contributed by atoms with Gasteiger partial charge in [-0.15, -0.1) is 0 Å². The third-order valence-electron chi connectivity index (χ3n) is 1.72. The Kier molecular flexibility index (Phi) is 4.17. The van der Waals surface area contributed by atoms with Crippen molar-refractivity contribution in [3.05, 3.63) is 22.7 Å². The molecule has 0 aliphatic rings. The molecule has 0 atom stereocenters. The molecule has 1 aromatic rings. The normalized spacial score (nSPS) is 10.7. The van der Waals surface area contributed by atoms with Gasteiger partial charge in [0.25, 0.3) is 12.0 Å². The number of nitrogens with zero attached hydrogens (tertiary/aromatic N) is 2. The Bertz CT molecular complexity index is 356. The second-order valence-electron chi connectivity index (χ2n) is 2.83.